The number of amides is 2. The first-order valence-electron chi connectivity index (χ1n) is 15.9. The molecule has 4 aromatic rings. The van der Waals surface area contributed by atoms with Gasteiger partial charge in [0.15, 0.2) is 0 Å². The van der Waals surface area contributed by atoms with Crippen molar-refractivity contribution in [2.24, 2.45) is 5.92 Å². The predicted molar refractivity (Wildman–Crippen MR) is 174 cm³/mol. The molecule has 1 aliphatic rings. The lowest BCUT2D eigenvalue weighted by Gasteiger charge is -2.33. The summed E-state index contributed by atoms with van der Waals surface area (Å²) in [5, 5.41) is 6.99. The summed E-state index contributed by atoms with van der Waals surface area (Å²) in [6.45, 7) is 3.96. The van der Waals surface area contributed by atoms with Gasteiger partial charge in [0.05, 0.1) is 6.42 Å². The minimum absolute atomic E-state index is 0.0271. The van der Waals surface area contributed by atoms with E-state index >= 15 is 0 Å². The quantitative estimate of drug-likeness (QED) is 0.156. The highest BCUT2D eigenvalue weighted by Crippen LogP contribution is 2.27. The van der Waals surface area contributed by atoms with Crippen molar-refractivity contribution in [3.63, 3.8) is 0 Å². The van der Waals surface area contributed by atoms with Gasteiger partial charge in [-0.2, -0.15) is 0 Å². The second-order valence-electron chi connectivity index (χ2n) is 12.4. The first-order chi connectivity index (χ1) is 21.8. The number of H-pyrrole nitrogens is 1. The molecule has 0 radical (unpaired) electrons. The van der Waals surface area contributed by atoms with Crippen molar-refractivity contribution in [1.29, 1.82) is 0 Å². The third kappa shape index (κ3) is 8.75. The van der Waals surface area contributed by atoms with Crippen LogP contribution in [0.15, 0.2) is 91.1 Å². The fraction of sp³-hybridized carbons (Fsp3) is 0.378. The van der Waals surface area contributed by atoms with Crippen molar-refractivity contribution >= 4 is 28.9 Å². The van der Waals surface area contributed by atoms with E-state index in [1.807, 2.05) is 91.1 Å². The van der Waals surface area contributed by atoms with Gasteiger partial charge in [0, 0.05) is 29.6 Å². The van der Waals surface area contributed by atoms with E-state index in [0.29, 0.717) is 6.42 Å². The molecule has 3 aromatic carbocycles. The Hall–Kier alpha value is -4.59. The summed E-state index contributed by atoms with van der Waals surface area (Å²) < 4.78 is 11.5. The first kappa shape index (κ1) is 31.8. The minimum Gasteiger partial charge on any atom is -0.461 e. The van der Waals surface area contributed by atoms with Gasteiger partial charge >= 0.3 is 12.1 Å². The average molecular weight is 610 g/mol. The molecule has 0 bridgehead atoms. The first-order valence-corrected chi connectivity index (χ1v) is 15.9. The molecule has 0 spiro atoms. The number of rotatable bonds is 12. The monoisotopic (exact) mass is 609 g/mol. The normalized spacial score (nSPS) is 18.4. The molecule has 1 fully saturated rings. The highest BCUT2D eigenvalue weighted by Gasteiger charge is 2.39. The number of fused-ring (bicyclic) bond motifs is 1. The smallest absolute Gasteiger partial charge is 0.408 e. The van der Waals surface area contributed by atoms with E-state index in [4.69, 9.17) is 9.47 Å². The van der Waals surface area contributed by atoms with Crippen LogP contribution < -0.4 is 10.6 Å². The molecule has 0 unspecified atom stereocenters. The van der Waals surface area contributed by atoms with E-state index in [1.54, 1.807) is 6.92 Å². The molecule has 5 rings (SSSR count). The van der Waals surface area contributed by atoms with Crippen molar-refractivity contribution in [3.05, 3.63) is 108 Å². The van der Waals surface area contributed by atoms with Crippen LogP contribution in [0.2, 0.25) is 0 Å². The van der Waals surface area contributed by atoms with Crippen molar-refractivity contribution in [2.75, 3.05) is 0 Å². The van der Waals surface area contributed by atoms with Gasteiger partial charge in [0.1, 0.15) is 18.2 Å². The molecule has 8 heteroatoms. The second kappa shape index (κ2) is 14.9. The Morgan fingerprint density at radius 3 is 2.31 bits per heavy atom. The van der Waals surface area contributed by atoms with Gasteiger partial charge in [-0.3, -0.25) is 9.59 Å². The Bertz CT molecular complexity index is 1570. The van der Waals surface area contributed by atoms with E-state index in [-0.39, 0.29) is 31.5 Å². The summed E-state index contributed by atoms with van der Waals surface area (Å²) >= 11 is 0. The van der Waals surface area contributed by atoms with Gasteiger partial charge in [-0.15, -0.1) is 0 Å². The van der Waals surface area contributed by atoms with Crippen molar-refractivity contribution in [1.82, 2.24) is 15.6 Å². The third-order valence-electron chi connectivity index (χ3n) is 8.71. The standard InChI is InChI=1S/C37H43N3O5/c1-26-13-9-12-20-33(26)45-36(43)40-37(2,23-29-24-38-32-19-11-10-18-31(29)32)35(42)39-30(21-27-14-5-3-6-15-27)22-34(41)44-25-28-16-7-4-8-17-28/h3-8,10-11,14-19,24,26,30,33,38H,9,12-13,20-23,25H2,1-2H3,(H,39,42)(H,40,43)/t26-,30-,33-,37+/m0/s1. The van der Waals surface area contributed by atoms with Crippen LogP contribution in [0, 0.1) is 5.92 Å². The van der Waals surface area contributed by atoms with E-state index in [9.17, 15) is 14.4 Å². The largest absolute Gasteiger partial charge is 0.461 e. The molecule has 236 valence electrons. The van der Waals surface area contributed by atoms with Gasteiger partial charge < -0.3 is 25.1 Å². The summed E-state index contributed by atoms with van der Waals surface area (Å²) in [7, 11) is 0. The van der Waals surface area contributed by atoms with Crippen LogP contribution >= 0.6 is 0 Å². The Balaban J connectivity index is 1.35. The minimum atomic E-state index is -1.37. The van der Waals surface area contributed by atoms with Crippen molar-refractivity contribution in [3.8, 4) is 0 Å². The zero-order chi connectivity index (χ0) is 31.6. The molecule has 8 nitrogen and oxygen atoms in total. The van der Waals surface area contributed by atoms with Crippen LogP contribution in [-0.2, 0) is 38.5 Å². The number of para-hydroxylation sites is 1. The molecular weight excluding hydrogens is 566 g/mol. The van der Waals surface area contributed by atoms with Crippen LogP contribution in [0.4, 0.5) is 4.79 Å². The maximum atomic E-state index is 14.2. The summed E-state index contributed by atoms with van der Waals surface area (Å²) in [6.07, 6.45) is 5.62. The number of esters is 1. The van der Waals surface area contributed by atoms with E-state index < -0.39 is 29.6 Å². The Morgan fingerprint density at radius 2 is 1.58 bits per heavy atom. The van der Waals surface area contributed by atoms with Gasteiger partial charge in [-0.25, -0.2) is 4.79 Å². The molecule has 2 amide bonds. The third-order valence-corrected chi connectivity index (χ3v) is 8.71. The second-order valence-corrected chi connectivity index (χ2v) is 12.4. The molecule has 1 aliphatic carbocycles. The molecule has 3 N–H and O–H groups in total. The lowest BCUT2D eigenvalue weighted by atomic mass is 9.88. The van der Waals surface area contributed by atoms with Crippen LogP contribution in [0.1, 0.15) is 62.6 Å². The molecule has 1 heterocycles. The van der Waals surface area contributed by atoms with Crippen LogP contribution in [0.5, 0.6) is 0 Å². The molecule has 4 atom stereocenters. The van der Waals surface area contributed by atoms with Crippen molar-refractivity contribution in [2.45, 2.75) is 83.1 Å². The van der Waals surface area contributed by atoms with Gasteiger partial charge in [-0.1, -0.05) is 92.2 Å². The molecule has 1 saturated carbocycles. The van der Waals surface area contributed by atoms with E-state index in [0.717, 1.165) is 53.3 Å². The van der Waals surface area contributed by atoms with Crippen LogP contribution in [0.25, 0.3) is 10.9 Å². The maximum Gasteiger partial charge on any atom is 0.408 e. The number of ether oxygens (including phenoxy) is 2. The number of carbonyl (C=O) groups excluding carboxylic acids is 3. The average Bonchev–Trinajstić information content (AvgIpc) is 3.44. The van der Waals surface area contributed by atoms with Crippen LogP contribution in [-0.4, -0.2) is 40.6 Å². The molecule has 0 saturated heterocycles. The van der Waals surface area contributed by atoms with Gasteiger partial charge in [0.2, 0.25) is 5.91 Å². The molecule has 1 aromatic heterocycles. The molecule has 0 aliphatic heterocycles. The van der Waals surface area contributed by atoms with E-state index in [2.05, 4.69) is 22.5 Å². The number of aromatic nitrogens is 1. The number of alkyl carbamates (subject to hydrolysis) is 1. The zero-order valence-electron chi connectivity index (χ0n) is 26.1. The lowest BCUT2D eigenvalue weighted by molar-refractivity contribution is -0.145. The maximum absolute atomic E-state index is 14.2. The topological polar surface area (TPSA) is 110 Å². The van der Waals surface area contributed by atoms with Crippen LogP contribution in [0.3, 0.4) is 0 Å². The lowest BCUT2D eigenvalue weighted by Crippen LogP contribution is -2.60. The Kier molecular flexibility index (Phi) is 10.6. The number of hydrogen-bond acceptors (Lipinski definition) is 5. The fourth-order valence-electron chi connectivity index (χ4n) is 6.11. The zero-order valence-corrected chi connectivity index (χ0v) is 26.1. The fourth-order valence-corrected chi connectivity index (χ4v) is 6.11. The number of carbonyl (C=O) groups is 3. The van der Waals surface area contributed by atoms with Crippen molar-refractivity contribution < 1.29 is 23.9 Å². The van der Waals surface area contributed by atoms with Gasteiger partial charge in [0.25, 0.3) is 0 Å². The molecular formula is C37H43N3O5. The van der Waals surface area contributed by atoms with E-state index in [1.165, 1.54) is 0 Å². The predicted octanol–water partition coefficient (Wildman–Crippen LogP) is 6.64. The number of nitrogens with one attached hydrogen (secondary N) is 3. The summed E-state index contributed by atoms with van der Waals surface area (Å²) in [4.78, 5) is 43.9. The summed E-state index contributed by atoms with van der Waals surface area (Å²) in [5.41, 5.74) is 2.31. The highest BCUT2D eigenvalue weighted by atomic mass is 16.6. The molecule has 45 heavy (non-hydrogen) atoms. The number of benzene rings is 3. The highest BCUT2D eigenvalue weighted by molar-refractivity contribution is 5.92. The Labute approximate surface area is 264 Å². The summed E-state index contributed by atoms with van der Waals surface area (Å²) in [6, 6.07) is 26.4. The summed E-state index contributed by atoms with van der Waals surface area (Å²) in [5.74, 6) is -0.564. The number of aromatic amines is 1. The number of hydrogen-bond donors (Lipinski definition) is 3. The SMILES string of the molecule is C[C@H]1CCCC[C@@H]1OC(=O)N[C@](C)(Cc1c[nH]c2ccccc12)C(=O)N[C@H](CC(=O)OCc1ccccc1)Cc1ccccc1. The van der Waals surface area contributed by atoms with Gasteiger partial charge in [-0.05, 0) is 61.3 Å². The Morgan fingerprint density at radius 1 is 0.911 bits per heavy atom.